The molecule has 1 heterocycles. The molecule has 1 fully saturated rings. The largest absolute Gasteiger partial charge is 0.377 e. The monoisotopic (exact) mass is 248 g/mol. The number of hydrogen-bond donors (Lipinski definition) is 0. The molecule has 0 aromatic carbocycles. The van der Waals surface area contributed by atoms with Crippen molar-refractivity contribution in [2.24, 2.45) is 5.92 Å². The van der Waals surface area contributed by atoms with Gasteiger partial charge in [-0.2, -0.15) is 0 Å². The molecule has 2 unspecified atom stereocenters. The first-order valence-electron chi connectivity index (χ1n) is 6.39. The lowest BCUT2D eigenvalue weighted by atomic mass is 10.0. The van der Waals surface area contributed by atoms with Crippen LogP contribution >= 0.6 is 0 Å². The van der Waals surface area contributed by atoms with E-state index < -0.39 is 9.84 Å². The van der Waals surface area contributed by atoms with E-state index in [0.717, 1.165) is 13.0 Å². The van der Waals surface area contributed by atoms with Crippen LogP contribution < -0.4 is 0 Å². The van der Waals surface area contributed by atoms with Crippen LogP contribution in [0.4, 0.5) is 0 Å². The maximum absolute atomic E-state index is 11.2. The third-order valence-electron chi connectivity index (χ3n) is 3.30. The molecule has 0 aromatic rings. The number of unbranched alkanes of at least 4 members (excludes halogenated alkanes) is 1. The minimum Gasteiger partial charge on any atom is -0.377 e. The maximum atomic E-state index is 11.2. The SMILES string of the molecule is CCCCC(CC)COC1CCS(=O)(=O)C1. The van der Waals surface area contributed by atoms with Gasteiger partial charge in [0.05, 0.1) is 17.6 Å². The fourth-order valence-corrected chi connectivity index (χ4v) is 3.68. The third kappa shape index (κ3) is 4.83. The van der Waals surface area contributed by atoms with Crippen molar-refractivity contribution < 1.29 is 13.2 Å². The van der Waals surface area contributed by atoms with Crippen LogP contribution in [0.25, 0.3) is 0 Å². The number of sulfone groups is 1. The highest BCUT2D eigenvalue weighted by molar-refractivity contribution is 7.91. The summed E-state index contributed by atoms with van der Waals surface area (Å²) in [4.78, 5) is 0. The molecule has 0 N–H and O–H groups in total. The first-order valence-corrected chi connectivity index (χ1v) is 8.21. The Morgan fingerprint density at radius 2 is 2.12 bits per heavy atom. The van der Waals surface area contributed by atoms with Crippen LogP contribution in [-0.4, -0.2) is 32.6 Å². The Labute approximate surface area is 99.5 Å². The van der Waals surface area contributed by atoms with Gasteiger partial charge in [-0.3, -0.25) is 0 Å². The van der Waals surface area contributed by atoms with Crippen LogP contribution in [0.3, 0.4) is 0 Å². The Hall–Kier alpha value is -0.0900. The molecule has 2 atom stereocenters. The van der Waals surface area contributed by atoms with Crippen LogP contribution in [-0.2, 0) is 14.6 Å². The van der Waals surface area contributed by atoms with E-state index in [1.807, 2.05) is 0 Å². The lowest BCUT2D eigenvalue weighted by Crippen LogP contribution is -2.19. The highest BCUT2D eigenvalue weighted by atomic mass is 32.2. The molecule has 0 aromatic heterocycles. The summed E-state index contributed by atoms with van der Waals surface area (Å²) in [6.07, 6.45) is 5.43. The molecule has 3 nitrogen and oxygen atoms in total. The fraction of sp³-hybridized carbons (Fsp3) is 1.00. The number of ether oxygens (including phenoxy) is 1. The average Bonchev–Trinajstić information content (AvgIpc) is 2.59. The van der Waals surface area contributed by atoms with Gasteiger partial charge in [-0.25, -0.2) is 8.42 Å². The molecule has 0 spiro atoms. The molecule has 1 saturated heterocycles. The standard InChI is InChI=1S/C12H24O3S/c1-3-5-6-11(4-2)9-15-12-7-8-16(13,14)10-12/h11-12H,3-10H2,1-2H3. The van der Waals surface area contributed by atoms with Crippen molar-refractivity contribution in [3.63, 3.8) is 0 Å². The molecule has 0 saturated carbocycles. The van der Waals surface area contributed by atoms with Gasteiger partial charge < -0.3 is 4.74 Å². The van der Waals surface area contributed by atoms with E-state index in [2.05, 4.69) is 13.8 Å². The average molecular weight is 248 g/mol. The van der Waals surface area contributed by atoms with Gasteiger partial charge in [-0.05, 0) is 18.8 Å². The smallest absolute Gasteiger partial charge is 0.152 e. The molecule has 0 aliphatic carbocycles. The van der Waals surface area contributed by atoms with Gasteiger partial charge in [-0.1, -0.05) is 33.1 Å². The minimum absolute atomic E-state index is 0.0410. The predicted octanol–water partition coefficient (Wildman–Crippen LogP) is 2.41. The fourth-order valence-electron chi connectivity index (χ4n) is 2.06. The van der Waals surface area contributed by atoms with Crippen LogP contribution in [0, 0.1) is 5.92 Å². The van der Waals surface area contributed by atoms with Crippen LogP contribution in [0.2, 0.25) is 0 Å². The van der Waals surface area contributed by atoms with Crippen molar-refractivity contribution >= 4 is 9.84 Å². The zero-order valence-electron chi connectivity index (χ0n) is 10.4. The van der Waals surface area contributed by atoms with E-state index in [0.29, 0.717) is 18.1 Å². The Kier molecular flexibility index (Phi) is 5.76. The first kappa shape index (κ1) is 14.0. The first-order chi connectivity index (χ1) is 7.57. The molecule has 96 valence electrons. The zero-order chi connectivity index (χ0) is 12.0. The molecule has 0 amide bonds. The highest BCUT2D eigenvalue weighted by Crippen LogP contribution is 2.18. The number of hydrogen-bond acceptors (Lipinski definition) is 3. The highest BCUT2D eigenvalue weighted by Gasteiger charge is 2.28. The van der Waals surface area contributed by atoms with Crippen molar-refractivity contribution in [2.45, 2.75) is 52.1 Å². The van der Waals surface area contributed by atoms with E-state index in [9.17, 15) is 8.42 Å². The van der Waals surface area contributed by atoms with E-state index in [-0.39, 0.29) is 11.9 Å². The van der Waals surface area contributed by atoms with Gasteiger partial charge in [0.1, 0.15) is 0 Å². The number of rotatable bonds is 7. The summed E-state index contributed by atoms with van der Waals surface area (Å²) in [5.41, 5.74) is 0. The van der Waals surface area contributed by atoms with Gasteiger partial charge in [-0.15, -0.1) is 0 Å². The molecule has 4 heteroatoms. The lowest BCUT2D eigenvalue weighted by molar-refractivity contribution is 0.0409. The second-order valence-corrected chi connectivity index (χ2v) is 7.00. The van der Waals surface area contributed by atoms with Gasteiger partial charge in [0.2, 0.25) is 0 Å². The molecular formula is C12H24O3S. The third-order valence-corrected chi connectivity index (χ3v) is 5.04. The van der Waals surface area contributed by atoms with Gasteiger partial charge >= 0.3 is 0 Å². The zero-order valence-corrected chi connectivity index (χ0v) is 11.3. The summed E-state index contributed by atoms with van der Waals surface area (Å²) in [6.45, 7) is 5.10. The second-order valence-electron chi connectivity index (χ2n) is 4.77. The summed E-state index contributed by atoms with van der Waals surface area (Å²) < 4.78 is 28.2. The van der Waals surface area contributed by atoms with E-state index in [1.165, 1.54) is 19.3 Å². The maximum Gasteiger partial charge on any atom is 0.152 e. The molecular weight excluding hydrogens is 224 g/mol. The second kappa shape index (κ2) is 6.60. The summed E-state index contributed by atoms with van der Waals surface area (Å²) >= 11 is 0. The van der Waals surface area contributed by atoms with Crippen LogP contribution in [0.1, 0.15) is 46.0 Å². The molecule has 0 radical (unpaired) electrons. The quantitative estimate of drug-likeness (QED) is 0.695. The van der Waals surface area contributed by atoms with E-state index in [4.69, 9.17) is 4.74 Å². The van der Waals surface area contributed by atoms with Crippen LogP contribution in [0.15, 0.2) is 0 Å². The van der Waals surface area contributed by atoms with Gasteiger partial charge in [0.25, 0.3) is 0 Å². The molecule has 1 aliphatic heterocycles. The summed E-state index contributed by atoms with van der Waals surface area (Å²) in [5, 5.41) is 0. The summed E-state index contributed by atoms with van der Waals surface area (Å²) in [7, 11) is -2.79. The van der Waals surface area contributed by atoms with Crippen molar-refractivity contribution in [1.29, 1.82) is 0 Å². The van der Waals surface area contributed by atoms with E-state index in [1.54, 1.807) is 0 Å². The molecule has 0 bridgehead atoms. The van der Waals surface area contributed by atoms with Crippen molar-refractivity contribution in [3.05, 3.63) is 0 Å². The van der Waals surface area contributed by atoms with Crippen LogP contribution in [0.5, 0.6) is 0 Å². The normalized spacial score (nSPS) is 25.8. The summed E-state index contributed by atoms with van der Waals surface area (Å²) in [6, 6.07) is 0. The lowest BCUT2D eigenvalue weighted by Gasteiger charge is -2.17. The topological polar surface area (TPSA) is 43.4 Å². The Bertz CT molecular complexity index is 285. The predicted molar refractivity (Wildman–Crippen MR) is 66.3 cm³/mol. The Morgan fingerprint density at radius 1 is 1.38 bits per heavy atom. The summed E-state index contributed by atoms with van der Waals surface area (Å²) in [5.74, 6) is 1.14. The molecule has 16 heavy (non-hydrogen) atoms. The Balaban J connectivity index is 2.23. The Morgan fingerprint density at radius 3 is 2.62 bits per heavy atom. The van der Waals surface area contributed by atoms with Gasteiger partial charge in [0, 0.05) is 6.61 Å². The van der Waals surface area contributed by atoms with Crippen molar-refractivity contribution in [1.82, 2.24) is 0 Å². The molecule has 1 aliphatic rings. The molecule has 1 rings (SSSR count). The van der Waals surface area contributed by atoms with Crippen molar-refractivity contribution in [3.8, 4) is 0 Å². The van der Waals surface area contributed by atoms with Gasteiger partial charge in [0.15, 0.2) is 9.84 Å². The van der Waals surface area contributed by atoms with Crippen molar-refractivity contribution in [2.75, 3.05) is 18.1 Å². The van der Waals surface area contributed by atoms with E-state index >= 15 is 0 Å². The minimum atomic E-state index is -2.79.